The van der Waals surface area contributed by atoms with Crippen molar-refractivity contribution < 1.29 is 4.39 Å². The van der Waals surface area contributed by atoms with E-state index in [1.54, 1.807) is 31.6 Å². The molecule has 1 heterocycles. The predicted molar refractivity (Wildman–Crippen MR) is 60.4 cm³/mol. The first-order valence-corrected chi connectivity index (χ1v) is 5.07. The first-order chi connectivity index (χ1) is 7.59. The van der Waals surface area contributed by atoms with Gasteiger partial charge in [-0.05, 0) is 24.1 Å². The lowest BCUT2D eigenvalue weighted by Gasteiger charge is -2.13. The third-order valence-corrected chi connectivity index (χ3v) is 2.71. The highest BCUT2D eigenvalue weighted by atomic mass is 19.1. The third kappa shape index (κ3) is 1.84. The van der Waals surface area contributed by atoms with E-state index in [0.29, 0.717) is 5.56 Å². The van der Waals surface area contributed by atoms with E-state index in [1.807, 2.05) is 11.6 Å². The summed E-state index contributed by atoms with van der Waals surface area (Å²) in [5, 5.41) is 0. The highest BCUT2D eigenvalue weighted by Gasteiger charge is 2.13. The van der Waals surface area contributed by atoms with Crippen molar-refractivity contribution in [3.05, 3.63) is 53.4 Å². The quantitative estimate of drug-likeness (QED) is 0.838. The number of aryl methyl sites for hydroxylation is 2. The van der Waals surface area contributed by atoms with Gasteiger partial charge in [0.1, 0.15) is 5.82 Å². The number of halogens is 1. The van der Waals surface area contributed by atoms with Gasteiger partial charge in [0.05, 0.1) is 24.3 Å². The molecule has 0 spiro atoms. The first-order valence-electron chi connectivity index (χ1n) is 5.07. The molecule has 1 aromatic carbocycles. The standard InChI is InChI=1S/C12H14FN3/c1-8-5-9(3-4-10(8)13)12(14)11-6-15-7-16(11)2/h3-7,12H,14H2,1-2H3. The van der Waals surface area contributed by atoms with Crippen LogP contribution in [0.5, 0.6) is 0 Å². The van der Waals surface area contributed by atoms with Crippen LogP contribution < -0.4 is 5.73 Å². The van der Waals surface area contributed by atoms with Crippen LogP contribution >= 0.6 is 0 Å². The number of nitrogens with zero attached hydrogens (tertiary/aromatic N) is 2. The molecule has 1 atom stereocenters. The van der Waals surface area contributed by atoms with Crippen LogP contribution in [0.15, 0.2) is 30.7 Å². The van der Waals surface area contributed by atoms with Crippen molar-refractivity contribution >= 4 is 0 Å². The summed E-state index contributed by atoms with van der Waals surface area (Å²) < 4.78 is 15.0. The molecule has 0 amide bonds. The molecule has 0 bridgehead atoms. The average Bonchev–Trinajstić information content (AvgIpc) is 2.67. The van der Waals surface area contributed by atoms with Crippen LogP contribution in [0.1, 0.15) is 22.9 Å². The lowest BCUT2D eigenvalue weighted by Crippen LogP contribution is -2.15. The molecule has 4 heteroatoms. The summed E-state index contributed by atoms with van der Waals surface area (Å²) in [6, 6.07) is 4.65. The van der Waals surface area contributed by atoms with Gasteiger partial charge >= 0.3 is 0 Å². The zero-order valence-corrected chi connectivity index (χ0v) is 9.31. The summed E-state index contributed by atoms with van der Waals surface area (Å²) in [5.74, 6) is -0.207. The van der Waals surface area contributed by atoms with Crippen molar-refractivity contribution in [1.29, 1.82) is 0 Å². The fourth-order valence-electron chi connectivity index (χ4n) is 1.70. The number of aromatic nitrogens is 2. The maximum atomic E-state index is 13.1. The van der Waals surface area contributed by atoms with E-state index in [0.717, 1.165) is 11.3 Å². The van der Waals surface area contributed by atoms with Crippen LogP contribution in [-0.4, -0.2) is 9.55 Å². The highest BCUT2D eigenvalue weighted by molar-refractivity contribution is 5.31. The Balaban J connectivity index is 2.38. The summed E-state index contributed by atoms with van der Waals surface area (Å²) >= 11 is 0. The van der Waals surface area contributed by atoms with E-state index >= 15 is 0 Å². The Morgan fingerprint density at radius 2 is 2.19 bits per heavy atom. The normalized spacial score (nSPS) is 12.8. The van der Waals surface area contributed by atoms with Crippen LogP contribution in [0.2, 0.25) is 0 Å². The minimum Gasteiger partial charge on any atom is -0.336 e. The van der Waals surface area contributed by atoms with Crippen LogP contribution in [-0.2, 0) is 7.05 Å². The summed E-state index contributed by atoms with van der Waals surface area (Å²) in [6.07, 6.45) is 3.43. The van der Waals surface area contributed by atoms with E-state index in [1.165, 1.54) is 6.07 Å². The number of rotatable bonds is 2. The zero-order valence-electron chi connectivity index (χ0n) is 9.31. The van der Waals surface area contributed by atoms with Crippen molar-refractivity contribution in [2.24, 2.45) is 12.8 Å². The fourth-order valence-corrected chi connectivity index (χ4v) is 1.70. The van der Waals surface area contributed by atoms with Crippen LogP contribution in [0, 0.1) is 12.7 Å². The molecule has 0 saturated carbocycles. The Morgan fingerprint density at radius 3 is 2.75 bits per heavy atom. The molecule has 0 aliphatic heterocycles. The molecule has 1 aromatic heterocycles. The number of hydrogen-bond acceptors (Lipinski definition) is 2. The minimum atomic E-state index is -0.271. The second-order valence-electron chi connectivity index (χ2n) is 3.92. The number of nitrogens with two attached hydrogens (primary N) is 1. The molecule has 84 valence electrons. The summed E-state index contributed by atoms with van der Waals surface area (Å²) in [6.45, 7) is 1.73. The topological polar surface area (TPSA) is 43.8 Å². The number of hydrogen-bond donors (Lipinski definition) is 1. The molecule has 2 rings (SSSR count). The molecule has 0 radical (unpaired) electrons. The van der Waals surface area contributed by atoms with Gasteiger partial charge in [-0.1, -0.05) is 12.1 Å². The van der Waals surface area contributed by atoms with Crippen LogP contribution in [0.4, 0.5) is 4.39 Å². The Bertz CT molecular complexity index is 505. The molecule has 1 unspecified atom stereocenters. The van der Waals surface area contributed by atoms with E-state index < -0.39 is 0 Å². The number of benzene rings is 1. The summed E-state index contributed by atoms with van der Waals surface area (Å²) in [5.41, 5.74) is 8.50. The van der Waals surface area contributed by atoms with Crippen LogP contribution in [0.25, 0.3) is 0 Å². The Kier molecular flexibility index (Phi) is 2.75. The van der Waals surface area contributed by atoms with Crippen molar-refractivity contribution in [3.63, 3.8) is 0 Å². The molecule has 0 aliphatic carbocycles. The smallest absolute Gasteiger partial charge is 0.126 e. The second kappa shape index (κ2) is 4.06. The molecular weight excluding hydrogens is 205 g/mol. The second-order valence-corrected chi connectivity index (χ2v) is 3.92. The average molecular weight is 219 g/mol. The molecule has 0 saturated heterocycles. The van der Waals surface area contributed by atoms with E-state index in [9.17, 15) is 4.39 Å². The van der Waals surface area contributed by atoms with Gasteiger partial charge in [-0.25, -0.2) is 9.37 Å². The molecule has 2 N–H and O–H groups in total. The molecule has 0 fully saturated rings. The Labute approximate surface area is 93.7 Å². The van der Waals surface area contributed by atoms with Gasteiger partial charge in [0.2, 0.25) is 0 Å². The summed E-state index contributed by atoms with van der Waals surface area (Å²) in [7, 11) is 1.89. The molecule has 2 aromatic rings. The van der Waals surface area contributed by atoms with Gasteiger partial charge in [-0.3, -0.25) is 0 Å². The van der Waals surface area contributed by atoms with E-state index in [4.69, 9.17) is 5.73 Å². The first kappa shape index (κ1) is 10.8. The van der Waals surface area contributed by atoms with Gasteiger partial charge in [0, 0.05) is 7.05 Å². The van der Waals surface area contributed by atoms with Gasteiger partial charge in [0.15, 0.2) is 0 Å². The maximum Gasteiger partial charge on any atom is 0.126 e. The maximum absolute atomic E-state index is 13.1. The van der Waals surface area contributed by atoms with Crippen molar-refractivity contribution in [2.75, 3.05) is 0 Å². The summed E-state index contributed by atoms with van der Waals surface area (Å²) in [4.78, 5) is 4.02. The largest absolute Gasteiger partial charge is 0.336 e. The van der Waals surface area contributed by atoms with Crippen LogP contribution in [0.3, 0.4) is 0 Å². The molecule has 3 nitrogen and oxygen atoms in total. The van der Waals surface area contributed by atoms with Gasteiger partial charge in [-0.2, -0.15) is 0 Å². The highest BCUT2D eigenvalue weighted by Crippen LogP contribution is 2.20. The lowest BCUT2D eigenvalue weighted by molar-refractivity contribution is 0.616. The van der Waals surface area contributed by atoms with Gasteiger partial charge in [-0.15, -0.1) is 0 Å². The lowest BCUT2D eigenvalue weighted by atomic mass is 10.0. The van der Waals surface area contributed by atoms with E-state index in [-0.39, 0.29) is 11.9 Å². The molecular formula is C12H14FN3. The Morgan fingerprint density at radius 1 is 1.44 bits per heavy atom. The molecule has 0 aliphatic rings. The minimum absolute atomic E-state index is 0.207. The zero-order chi connectivity index (χ0) is 11.7. The monoisotopic (exact) mass is 219 g/mol. The third-order valence-electron chi connectivity index (χ3n) is 2.71. The Hall–Kier alpha value is -1.68. The van der Waals surface area contributed by atoms with Crippen molar-refractivity contribution in [2.45, 2.75) is 13.0 Å². The van der Waals surface area contributed by atoms with Crippen molar-refractivity contribution in [3.8, 4) is 0 Å². The van der Waals surface area contributed by atoms with Gasteiger partial charge in [0.25, 0.3) is 0 Å². The van der Waals surface area contributed by atoms with Crippen molar-refractivity contribution in [1.82, 2.24) is 9.55 Å². The molecule has 16 heavy (non-hydrogen) atoms. The van der Waals surface area contributed by atoms with Gasteiger partial charge < -0.3 is 10.3 Å². The SMILES string of the molecule is Cc1cc(C(N)c2cncn2C)ccc1F. The van der Waals surface area contributed by atoms with E-state index in [2.05, 4.69) is 4.98 Å². The fraction of sp³-hybridized carbons (Fsp3) is 0.250. The predicted octanol–water partition coefficient (Wildman–Crippen LogP) is 1.92. The number of imidazole rings is 1.